The van der Waals surface area contributed by atoms with Crippen molar-refractivity contribution in [1.29, 1.82) is 0 Å². The van der Waals surface area contributed by atoms with Crippen LogP contribution >= 0.6 is 23.2 Å². The highest BCUT2D eigenvalue weighted by atomic mass is 35.5. The maximum Gasteiger partial charge on any atom is 0.226 e. The van der Waals surface area contributed by atoms with E-state index in [4.69, 9.17) is 27.9 Å². The zero-order valence-electron chi connectivity index (χ0n) is 14.6. The summed E-state index contributed by atoms with van der Waals surface area (Å²) < 4.78 is 5.40. The minimum absolute atomic E-state index is 0.121. The molecule has 0 radical (unpaired) electrons. The third kappa shape index (κ3) is 5.38. The van der Waals surface area contributed by atoms with E-state index >= 15 is 0 Å². The molecule has 0 aliphatic rings. The highest BCUT2D eigenvalue weighted by Gasteiger charge is 2.15. The first-order valence-corrected chi connectivity index (χ1v) is 8.92. The molecule has 0 bridgehead atoms. The Hall–Kier alpha value is -2.24. The van der Waals surface area contributed by atoms with E-state index in [2.05, 4.69) is 5.32 Å². The third-order valence-corrected chi connectivity index (χ3v) is 4.45. The Balaban J connectivity index is 2.00. The smallest absolute Gasteiger partial charge is 0.226 e. The van der Waals surface area contributed by atoms with Crippen molar-refractivity contribution in [2.24, 2.45) is 0 Å². The van der Waals surface area contributed by atoms with Crippen molar-refractivity contribution in [3.8, 4) is 5.75 Å². The lowest BCUT2D eigenvalue weighted by Gasteiger charge is -2.21. The minimum atomic E-state index is -0.258. The van der Waals surface area contributed by atoms with Gasteiger partial charge in [-0.05, 0) is 43.3 Å². The fraction of sp³-hybridized carbons (Fsp3) is 0.263. The van der Waals surface area contributed by atoms with Crippen molar-refractivity contribution >= 4 is 46.4 Å². The van der Waals surface area contributed by atoms with Crippen LogP contribution in [0.2, 0.25) is 10.0 Å². The van der Waals surface area contributed by atoms with Crippen molar-refractivity contribution in [3.63, 3.8) is 0 Å². The van der Waals surface area contributed by atoms with Gasteiger partial charge in [0.25, 0.3) is 0 Å². The van der Waals surface area contributed by atoms with Crippen LogP contribution < -0.4 is 15.0 Å². The molecule has 2 rings (SSSR count). The van der Waals surface area contributed by atoms with Gasteiger partial charge in [0.05, 0.1) is 22.3 Å². The lowest BCUT2D eigenvalue weighted by Crippen LogP contribution is -2.31. The number of rotatable bonds is 7. The maximum absolute atomic E-state index is 12.2. The molecule has 2 aromatic rings. The van der Waals surface area contributed by atoms with Gasteiger partial charge in [-0.2, -0.15) is 0 Å². The van der Waals surface area contributed by atoms with E-state index in [1.165, 1.54) is 11.8 Å². The van der Waals surface area contributed by atoms with Crippen LogP contribution in [0.5, 0.6) is 5.75 Å². The molecule has 0 aliphatic heterocycles. The number of amides is 2. The molecule has 2 aromatic carbocycles. The van der Waals surface area contributed by atoms with Crippen molar-refractivity contribution in [3.05, 3.63) is 52.5 Å². The van der Waals surface area contributed by atoms with E-state index in [1.54, 1.807) is 42.5 Å². The molecule has 0 atom stereocenters. The van der Waals surface area contributed by atoms with Crippen LogP contribution in [0, 0.1) is 0 Å². The Bertz CT molecular complexity index is 779. The number of halogens is 2. The van der Waals surface area contributed by atoms with Crippen LogP contribution in [-0.2, 0) is 9.59 Å². The zero-order valence-corrected chi connectivity index (χ0v) is 16.1. The quantitative estimate of drug-likeness (QED) is 0.735. The lowest BCUT2D eigenvalue weighted by atomic mass is 10.2. The summed E-state index contributed by atoms with van der Waals surface area (Å²) in [5, 5.41) is 3.36. The molecule has 2 amide bonds. The first-order valence-electron chi connectivity index (χ1n) is 8.17. The fourth-order valence-corrected chi connectivity index (χ4v) is 2.73. The molecule has 138 valence electrons. The topological polar surface area (TPSA) is 58.6 Å². The number of nitrogens with zero attached hydrogens (tertiary/aromatic N) is 1. The first-order chi connectivity index (χ1) is 12.4. The summed E-state index contributed by atoms with van der Waals surface area (Å²) >= 11 is 12.0. The lowest BCUT2D eigenvalue weighted by molar-refractivity contribution is -0.117. The van der Waals surface area contributed by atoms with Gasteiger partial charge in [-0.1, -0.05) is 29.3 Å². The van der Waals surface area contributed by atoms with Crippen LogP contribution in [-0.4, -0.2) is 25.0 Å². The summed E-state index contributed by atoms with van der Waals surface area (Å²) in [7, 11) is 0. The average Bonchev–Trinajstić information content (AvgIpc) is 2.60. The standard InChI is InChI=1S/C19H20Cl2N2O3/c1-3-26-15-9-7-14(8-10-15)23(13(2)24)12-11-18(25)22-17-6-4-5-16(20)19(17)21/h4-10H,3,11-12H2,1-2H3,(H,22,25). The Morgan fingerprint density at radius 2 is 1.81 bits per heavy atom. The highest BCUT2D eigenvalue weighted by molar-refractivity contribution is 6.43. The van der Waals surface area contributed by atoms with Crippen molar-refractivity contribution < 1.29 is 14.3 Å². The number of hydrogen-bond acceptors (Lipinski definition) is 3. The molecule has 0 saturated heterocycles. The summed E-state index contributed by atoms with van der Waals surface area (Å²) in [6.45, 7) is 4.18. The van der Waals surface area contributed by atoms with E-state index in [0.717, 1.165) is 5.75 Å². The van der Waals surface area contributed by atoms with Gasteiger partial charge in [-0.25, -0.2) is 0 Å². The third-order valence-electron chi connectivity index (χ3n) is 3.63. The molecule has 1 N–H and O–H groups in total. The van der Waals surface area contributed by atoms with E-state index in [9.17, 15) is 9.59 Å². The second kappa shape index (κ2) is 9.46. The molecular formula is C19H20Cl2N2O3. The summed E-state index contributed by atoms with van der Waals surface area (Å²) in [5.41, 5.74) is 1.15. The molecule has 0 fully saturated rings. The predicted octanol–water partition coefficient (Wildman–Crippen LogP) is 4.77. The maximum atomic E-state index is 12.2. The van der Waals surface area contributed by atoms with Gasteiger partial charge in [0.1, 0.15) is 5.75 Å². The number of ether oxygens (including phenoxy) is 1. The number of benzene rings is 2. The summed E-state index contributed by atoms with van der Waals surface area (Å²) in [6, 6.07) is 12.2. The van der Waals surface area contributed by atoms with Crippen LogP contribution in [0.3, 0.4) is 0 Å². The second-order valence-corrected chi connectivity index (χ2v) is 6.28. The van der Waals surface area contributed by atoms with Crippen molar-refractivity contribution in [2.45, 2.75) is 20.3 Å². The number of carbonyl (C=O) groups excluding carboxylic acids is 2. The summed E-state index contributed by atoms with van der Waals surface area (Å²) in [5.74, 6) is 0.321. The van der Waals surface area contributed by atoms with E-state index in [-0.39, 0.29) is 29.8 Å². The fourth-order valence-electron chi connectivity index (χ4n) is 2.38. The average molecular weight is 395 g/mol. The molecule has 0 aromatic heterocycles. The second-order valence-electron chi connectivity index (χ2n) is 5.50. The van der Waals surface area contributed by atoms with Gasteiger partial charge in [0.2, 0.25) is 11.8 Å². The van der Waals surface area contributed by atoms with Crippen molar-refractivity contribution in [1.82, 2.24) is 0 Å². The summed E-state index contributed by atoms with van der Waals surface area (Å²) in [4.78, 5) is 25.7. The molecule has 0 saturated carbocycles. The molecule has 7 heteroatoms. The van der Waals surface area contributed by atoms with E-state index < -0.39 is 0 Å². The largest absolute Gasteiger partial charge is 0.494 e. The Kier molecular flexibility index (Phi) is 7.30. The molecule has 26 heavy (non-hydrogen) atoms. The Morgan fingerprint density at radius 1 is 1.12 bits per heavy atom. The molecule has 5 nitrogen and oxygen atoms in total. The van der Waals surface area contributed by atoms with Gasteiger partial charge in [-0.3, -0.25) is 9.59 Å². The number of anilines is 2. The monoisotopic (exact) mass is 394 g/mol. The number of carbonyl (C=O) groups is 2. The normalized spacial score (nSPS) is 10.3. The molecule has 0 heterocycles. The first kappa shape index (κ1) is 20.1. The molecular weight excluding hydrogens is 375 g/mol. The van der Waals surface area contributed by atoms with Gasteiger partial charge in [0, 0.05) is 25.6 Å². The minimum Gasteiger partial charge on any atom is -0.494 e. The molecule has 0 unspecified atom stereocenters. The zero-order chi connectivity index (χ0) is 19.1. The van der Waals surface area contributed by atoms with Gasteiger partial charge in [0.15, 0.2) is 0 Å². The van der Waals surface area contributed by atoms with Crippen LogP contribution in [0.25, 0.3) is 0 Å². The van der Waals surface area contributed by atoms with E-state index in [1.807, 2.05) is 6.92 Å². The van der Waals surface area contributed by atoms with Gasteiger partial charge in [-0.15, -0.1) is 0 Å². The van der Waals surface area contributed by atoms with E-state index in [0.29, 0.717) is 23.0 Å². The van der Waals surface area contributed by atoms with Gasteiger partial charge < -0.3 is 15.0 Å². The number of nitrogens with one attached hydrogen (secondary N) is 1. The van der Waals surface area contributed by atoms with Crippen molar-refractivity contribution in [2.75, 3.05) is 23.4 Å². The predicted molar refractivity (Wildman–Crippen MR) is 105 cm³/mol. The molecule has 0 aliphatic carbocycles. The Morgan fingerprint density at radius 3 is 2.42 bits per heavy atom. The number of hydrogen-bond donors (Lipinski definition) is 1. The Labute approximate surface area is 162 Å². The molecule has 0 spiro atoms. The van der Waals surface area contributed by atoms with Crippen LogP contribution in [0.4, 0.5) is 11.4 Å². The summed E-state index contributed by atoms with van der Waals surface area (Å²) in [6.07, 6.45) is 0.121. The van der Waals surface area contributed by atoms with Crippen LogP contribution in [0.1, 0.15) is 20.3 Å². The van der Waals surface area contributed by atoms with Crippen LogP contribution in [0.15, 0.2) is 42.5 Å². The highest BCUT2D eigenvalue weighted by Crippen LogP contribution is 2.29. The van der Waals surface area contributed by atoms with Gasteiger partial charge >= 0.3 is 0 Å². The SMILES string of the molecule is CCOc1ccc(N(CCC(=O)Nc2cccc(Cl)c2Cl)C(C)=O)cc1.